The first-order valence-corrected chi connectivity index (χ1v) is 6.48. The predicted octanol–water partition coefficient (Wildman–Crippen LogP) is -0.766. The monoisotopic (exact) mass is 304 g/mol. The second-order valence-corrected chi connectivity index (χ2v) is 4.47. The molecular formula is C14H18N5O3+. The van der Waals surface area contributed by atoms with E-state index in [-0.39, 0.29) is 17.5 Å². The van der Waals surface area contributed by atoms with Crippen LogP contribution in [0.2, 0.25) is 0 Å². The van der Waals surface area contributed by atoms with Crippen LogP contribution in [0.5, 0.6) is 11.5 Å². The summed E-state index contributed by atoms with van der Waals surface area (Å²) in [5.74, 6) is 1.67. The minimum absolute atomic E-state index is 0.192. The van der Waals surface area contributed by atoms with Crippen LogP contribution in [0.3, 0.4) is 0 Å². The van der Waals surface area contributed by atoms with Gasteiger partial charge >= 0.3 is 5.95 Å². The zero-order valence-electron chi connectivity index (χ0n) is 12.6. The van der Waals surface area contributed by atoms with Crippen LogP contribution in [0.25, 0.3) is 0 Å². The summed E-state index contributed by atoms with van der Waals surface area (Å²) in [5, 5.41) is 2.94. The number of rotatable bonds is 4. The summed E-state index contributed by atoms with van der Waals surface area (Å²) in [6, 6.07) is 6.65. The molecule has 0 bridgehead atoms. The van der Waals surface area contributed by atoms with E-state index in [1.165, 1.54) is 6.07 Å². The highest BCUT2D eigenvalue weighted by Gasteiger charge is 2.09. The molecule has 0 fully saturated rings. The molecule has 0 aliphatic carbocycles. The van der Waals surface area contributed by atoms with Crippen LogP contribution in [0.4, 0.5) is 11.6 Å². The van der Waals surface area contributed by atoms with E-state index in [2.05, 4.69) is 20.3 Å². The lowest BCUT2D eigenvalue weighted by molar-refractivity contribution is -0.365. The lowest BCUT2D eigenvalue weighted by Gasteiger charge is -2.09. The Balaban J connectivity index is 2.26. The number of aromatic nitrogens is 2. The molecule has 8 nitrogen and oxygen atoms in total. The SMILES string of the molecule is COc1ccc(NC(N)=[NH+]c2nc(C)cc(=O)[nH]2)c(OC)c1. The second kappa shape index (κ2) is 6.61. The average Bonchev–Trinajstić information content (AvgIpc) is 2.46. The smallest absolute Gasteiger partial charge is 0.325 e. The van der Waals surface area contributed by atoms with E-state index < -0.39 is 0 Å². The number of hydrogen-bond acceptors (Lipinski definition) is 4. The van der Waals surface area contributed by atoms with E-state index in [0.717, 1.165) is 0 Å². The summed E-state index contributed by atoms with van der Waals surface area (Å²) in [5.41, 5.74) is 6.84. The Morgan fingerprint density at radius 2 is 2.09 bits per heavy atom. The number of nitrogens with one attached hydrogen (secondary N) is 3. The minimum Gasteiger partial charge on any atom is -0.497 e. The number of nitrogens with two attached hydrogens (primary N) is 1. The molecule has 0 radical (unpaired) electrons. The Morgan fingerprint density at radius 1 is 1.32 bits per heavy atom. The molecule has 5 N–H and O–H groups in total. The number of aromatic amines is 1. The fraction of sp³-hybridized carbons (Fsp3) is 0.214. The topological polar surface area (TPSA) is 116 Å². The fourth-order valence-corrected chi connectivity index (χ4v) is 1.84. The Hall–Kier alpha value is -3.03. The lowest BCUT2D eigenvalue weighted by Crippen LogP contribution is -2.73. The maximum Gasteiger partial charge on any atom is 0.325 e. The lowest BCUT2D eigenvalue weighted by atomic mass is 10.2. The number of guanidine groups is 1. The second-order valence-electron chi connectivity index (χ2n) is 4.47. The van der Waals surface area contributed by atoms with Gasteiger partial charge in [-0.3, -0.25) is 10.1 Å². The molecular weight excluding hydrogens is 286 g/mol. The third-order valence-electron chi connectivity index (χ3n) is 2.80. The van der Waals surface area contributed by atoms with Crippen molar-refractivity contribution >= 4 is 17.6 Å². The molecule has 1 aromatic carbocycles. The first-order chi connectivity index (χ1) is 10.5. The van der Waals surface area contributed by atoms with Crippen molar-refractivity contribution in [1.29, 1.82) is 0 Å². The summed E-state index contributed by atoms with van der Waals surface area (Å²) in [6.45, 7) is 1.72. The van der Waals surface area contributed by atoms with Crippen molar-refractivity contribution in [3.05, 3.63) is 40.3 Å². The molecule has 1 aromatic heterocycles. The van der Waals surface area contributed by atoms with Crippen LogP contribution < -0.4 is 31.1 Å². The molecule has 1 heterocycles. The number of nitrogens with zero attached hydrogens (tertiary/aromatic N) is 1. The van der Waals surface area contributed by atoms with Crippen molar-refractivity contribution in [3.8, 4) is 11.5 Å². The molecule has 0 spiro atoms. The number of methoxy groups -OCH3 is 2. The molecule has 2 aromatic rings. The summed E-state index contributed by atoms with van der Waals surface area (Å²) >= 11 is 0. The highest BCUT2D eigenvalue weighted by atomic mass is 16.5. The fourth-order valence-electron chi connectivity index (χ4n) is 1.84. The number of hydrogen-bond donors (Lipinski definition) is 4. The van der Waals surface area contributed by atoms with Crippen molar-refractivity contribution in [1.82, 2.24) is 9.97 Å². The molecule has 22 heavy (non-hydrogen) atoms. The van der Waals surface area contributed by atoms with Crippen molar-refractivity contribution in [2.45, 2.75) is 6.92 Å². The van der Waals surface area contributed by atoms with Gasteiger partial charge in [0.25, 0.3) is 11.5 Å². The number of H-pyrrole nitrogens is 1. The van der Waals surface area contributed by atoms with Crippen LogP contribution in [-0.2, 0) is 0 Å². The van der Waals surface area contributed by atoms with E-state index in [1.54, 1.807) is 39.3 Å². The van der Waals surface area contributed by atoms with Crippen molar-refractivity contribution in [2.75, 3.05) is 19.5 Å². The molecule has 116 valence electrons. The third-order valence-corrected chi connectivity index (χ3v) is 2.80. The van der Waals surface area contributed by atoms with Gasteiger partial charge in [-0.2, -0.15) is 0 Å². The Labute approximate surface area is 127 Å². The number of aryl methyl sites for hydroxylation is 1. The highest BCUT2D eigenvalue weighted by Crippen LogP contribution is 2.28. The van der Waals surface area contributed by atoms with Gasteiger partial charge in [-0.1, -0.05) is 0 Å². The van der Waals surface area contributed by atoms with Gasteiger partial charge in [-0.05, 0) is 19.1 Å². The van der Waals surface area contributed by atoms with Gasteiger partial charge < -0.3 is 15.2 Å². The quantitative estimate of drug-likeness (QED) is 0.435. The van der Waals surface area contributed by atoms with E-state index in [1.807, 2.05) is 0 Å². The van der Waals surface area contributed by atoms with Gasteiger partial charge in [0.1, 0.15) is 11.4 Å². The maximum absolute atomic E-state index is 11.4. The molecule has 0 amide bonds. The zero-order chi connectivity index (χ0) is 16.1. The zero-order valence-corrected chi connectivity index (χ0v) is 12.6. The van der Waals surface area contributed by atoms with Crippen LogP contribution in [0.1, 0.15) is 5.69 Å². The number of ether oxygens (including phenoxy) is 2. The third kappa shape index (κ3) is 3.75. The average molecular weight is 304 g/mol. The van der Waals surface area contributed by atoms with Crippen molar-refractivity contribution < 1.29 is 14.5 Å². The number of benzene rings is 1. The van der Waals surface area contributed by atoms with E-state index >= 15 is 0 Å². The van der Waals surface area contributed by atoms with E-state index in [9.17, 15) is 4.79 Å². The minimum atomic E-state index is -0.259. The summed E-state index contributed by atoms with van der Waals surface area (Å²) in [6.07, 6.45) is 0. The van der Waals surface area contributed by atoms with Gasteiger partial charge in [0, 0.05) is 12.1 Å². The standard InChI is InChI=1S/C14H17N5O3/c1-8-6-12(20)18-14(16-8)19-13(15)17-10-5-4-9(21-2)7-11(10)22-3/h4-7H,1-3H3,(H4,15,16,17,18,19,20)/p+1. The van der Waals surface area contributed by atoms with Crippen molar-refractivity contribution in [3.63, 3.8) is 0 Å². The van der Waals surface area contributed by atoms with Crippen LogP contribution >= 0.6 is 0 Å². The van der Waals surface area contributed by atoms with Crippen LogP contribution in [-0.4, -0.2) is 30.1 Å². The molecule has 0 aliphatic heterocycles. The molecule has 0 saturated carbocycles. The molecule has 0 unspecified atom stereocenters. The largest absolute Gasteiger partial charge is 0.497 e. The Morgan fingerprint density at radius 3 is 2.73 bits per heavy atom. The van der Waals surface area contributed by atoms with E-state index in [4.69, 9.17) is 15.2 Å². The van der Waals surface area contributed by atoms with Crippen molar-refractivity contribution in [2.24, 2.45) is 5.73 Å². The summed E-state index contributed by atoms with van der Waals surface area (Å²) in [4.78, 5) is 20.8. The predicted molar refractivity (Wildman–Crippen MR) is 82.6 cm³/mol. The molecule has 2 rings (SSSR count). The Bertz CT molecular complexity index is 754. The normalized spacial score (nSPS) is 11.1. The first kappa shape index (κ1) is 15.4. The first-order valence-electron chi connectivity index (χ1n) is 6.48. The van der Waals surface area contributed by atoms with Crippen LogP contribution in [0, 0.1) is 6.92 Å². The maximum atomic E-state index is 11.4. The Kier molecular flexibility index (Phi) is 4.62. The van der Waals surface area contributed by atoms with Gasteiger partial charge in [-0.25, -0.2) is 9.98 Å². The van der Waals surface area contributed by atoms with Crippen LogP contribution in [0.15, 0.2) is 29.1 Å². The summed E-state index contributed by atoms with van der Waals surface area (Å²) in [7, 11) is 3.12. The highest BCUT2D eigenvalue weighted by molar-refractivity contribution is 5.90. The van der Waals surface area contributed by atoms with Gasteiger partial charge in [0.2, 0.25) is 0 Å². The van der Waals surface area contributed by atoms with Gasteiger partial charge in [0.05, 0.1) is 19.9 Å². The van der Waals surface area contributed by atoms with E-state index in [0.29, 0.717) is 22.9 Å². The molecule has 0 atom stereocenters. The van der Waals surface area contributed by atoms with Gasteiger partial charge in [-0.15, -0.1) is 4.98 Å². The van der Waals surface area contributed by atoms with Gasteiger partial charge in [0.15, 0.2) is 5.75 Å². The molecule has 8 heteroatoms. The number of anilines is 1. The molecule has 0 aliphatic rings. The molecule has 0 saturated heterocycles. The summed E-state index contributed by atoms with van der Waals surface area (Å²) < 4.78 is 10.4.